The van der Waals surface area contributed by atoms with E-state index in [0.717, 1.165) is 0 Å². The van der Waals surface area contributed by atoms with E-state index in [0.29, 0.717) is 0 Å². The molecule has 2 nitrogen and oxygen atoms in total. The SMILES string of the molecule is O=C(O)c1c[c-]ccc1.[V]. The van der Waals surface area contributed by atoms with E-state index < -0.39 is 5.97 Å². The molecule has 1 radical (unpaired) electrons. The summed E-state index contributed by atoms with van der Waals surface area (Å²) in [6, 6.07) is 8.92. The summed E-state index contributed by atoms with van der Waals surface area (Å²) in [5.41, 5.74) is 0.275. The third-order valence-electron chi connectivity index (χ3n) is 0.954. The van der Waals surface area contributed by atoms with Crippen molar-refractivity contribution < 1.29 is 28.5 Å². The van der Waals surface area contributed by atoms with Crippen LogP contribution in [0.15, 0.2) is 24.3 Å². The molecule has 0 aliphatic carbocycles. The van der Waals surface area contributed by atoms with Crippen LogP contribution in [-0.4, -0.2) is 11.1 Å². The van der Waals surface area contributed by atoms with Gasteiger partial charge in [0.05, 0.1) is 0 Å². The zero-order chi connectivity index (χ0) is 6.69. The largest absolute Gasteiger partial charge is 0.487 e. The summed E-state index contributed by atoms with van der Waals surface area (Å²) in [7, 11) is 0. The topological polar surface area (TPSA) is 37.3 Å². The molecular formula is C7H5O2V-. The summed E-state index contributed by atoms with van der Waals surface area (Å²) in [5.74, 6) is -0.910. The second-order valence-electron chi connectivity index (χ2n) is 1.60. The van der Waals surface area contributed by atoms with E-state index in [-0.39, 0.29) is 24.1 Å². The van der Waals surface area contributed by atoms with Gasteiger partial charge in [-0.05, 0) is 0 Å². The molecule has 51 valence electrons. The Morgan fingerprint density at radius 2 is 2.30 bits per heavy atom. The van der Waals surface area contributed by atoms with E-state index in [4.69, 9.17) is 5.11 Å². The molecule has 1 aromatic rings. The van der Waals surface area contributed by atoms with Crippen LogP contribution in [0.1, 0.15) is 10.4 Å². The molecule has 0 heterocycles. The number of benzene rings is 1. The molecule has 0 amide bonds. The fraction of sp³-hybridized carbons (Fsp3) is 0. The summed E-state index contributed by atoms with van der Waals surface area (Å²) in [5, 5.41) is 8.36. The third-order valence-corrected chi connectivity index (χ3v) is 0.954. The van der Waals surface area contributed by atoms with Crippen LogP contribution in [0, 0.1) is 6.07 Å². The van der Waals surface area contributed by atoms with Gasteiger partial charge in [0, 0.05) is 18.6 Å². The van der Waals surface area contributed by atoms with Gasteiger partial charge < -0.3 is 5.11 Å². The summed E-state index contributed by atoms with van der Waals surface area (Å²) >= 11 is 0. The number of hydrogen-bond acceptors (Lipinski definition) is 1. The van der Waals surface area contributed by atoms with Crippen molar-refractivity contribution in [2.24, 2.45) is 0 Å². The summed E-state index contributed by atoms with van der Waals surface area (Å²) in [6.45, 7) is 0. The Balaban J connectivity index is 0.000000810. The van der Waals surface area contributed by atoms with E-state index in [1.807, 2.05) is 0 Å². The van der Waals surface area contributed by atoms with Crippen LogP contribution in [0.4, 0.5) is 0 Å². The molecule has 0 fully saturated rings. The van der Waals surface area contributed by atoms with Crippen LogP contribution in [0.5, 0.6) is 0 Å². The summed E-state index contributed by atoms with van der Waals surface area (Å²) in [6.07, 6.45) is 0. The molecule has 0 spiro atoms. The maximum absolute atomic E-state index is 10.2. The van der Waals surface area contributed by atoms with Gasteiger partial charge in [-0.2, -0.15) is 30.3 Å². The average molecular weight is 172 g/mol. The molecule has 0 atom stereocenters. The van der Waals surface area contributed by atoms with Gasteiger partial charge in [-0.25, -0.2) is 0 Å². The van der Waals surface area contributed by atoms with Crippen LogP contribution in [0.2, 0.25) is 0 Å². The van der Waals surface area contributed by atoms with Crippen LogP contribution in [-0.2, 0) is 18.6 Å². The molecule has 0 aromatic heterocycles. The first kappa shape index (κ1) is 9.27. The van der Waals surface area contributed by atoms with E-state index >= 15 is 0 Å². The van der Waals surface area contributed by atoms with Gasteiger partial charge in [-0.15, -0.1) is 0 Å². The minimum Gasteiger partial charge on any atom is -0.487 e. The van der Waals surface area contributed by atoms with Crippen LogP contribution in [0.25, 0.3) is 0 Å². The Hall–Kier alpha value is -0.726. The maximum Gasteiger partial charge on any atom is 0.278 e. The number of rotatable bonds is 1. The van der Waals surface area contributed by atoms with Crippen LogP contribution >= 0.6 is 0 Å². The second kappa shape index (κ2) is 4.15. The van der Waals surface area contributed by atoms with Crippen molar-refractivity contribution in [1.82, 2.24) is 0 Å². The van der Waals surface area contributed by atoms with E-state index in [1.165, 1.54) is 12.1 Å². The standard InChI is InChI=1S/C7H5O2.V/c8-7(9)6-4-2-1-3-5-6;/h1-2,4-5H,(H,8,9);/q-1;. The van der Waals surface area contributed by atoms with Crippen molar-refractivity contribution in [3.63, 3.8) is 0 Å². The molecule has 0 bridgehead atoms. The molecule has 1 aromatic carbocycles. The predicted molar refractivity (Wildman–Crippen MR) is 32.2 cm³/mol. The Bertz CT molecular complexity index is 208. The Morgan fingerprint density at radius 1 is 1.60 bits per heavy atom. The molecule has 0 aliphatic rings. The van der Waals surface area contributed by atoms with Gasteiger partial charge >= 0.3 is 0 Å². The molecule has 0 saturated carbocycles. The number of carboxylic acid groups (broad SMARTS) is 1. The summed E-state index contributed by atoms with van der Waals surface area (Å²) in [4.78, 5) is 10.2. The van der Waals surface area contributed by atoms with Gasteiger partial charge in [0.1, 0.15) is 0 Å². The number of aromatic carboxylic acids is 1. The number of carboxylic acids is 1. The zero-order valence-electron chi connectivity index (χ0n) is 5.11. The van der Waals surface area contributed by atoms with Crippen molar-refractivity contribution >= 4 is 5.97 Å². The average Bonchev–Trinajstić information content (AvgIpc) is 1.90. The Labute approximate surface area is 70.8 Å². The first-order valence-corrected chi connectivity index (χ1v) is 2.50. The van der Waals surface area contributed by atoms with E-state index in [2.05, 4.69) is 6.07 Å². The number of carbonyl (C=O) groups is 1. The molecular weight excluding hydrogens is 167 g/mol. The van der Waals surface area contributed by atoms with Crippen LogP contribution < -0.4 is 0 Å². The normalized spacial score (nSPS) is 8.00. The molecule has 0 aliphatic heterocycles. The van der Waals surface area contributed by atoms with Crippen molar-refractivity contribution in [3.05, 3.63) is 35.9 Å². The van der Waals surface area contributed by atoms with E-state index in [1.54, 1.807) is 12.1 Å². The van der Waals surface area contributed by atoms with Gasteiger partial charge in [0.15, 0.2) is 0 Å². The molecule has 1 N–H and O–H groups in total. The number of hydrogen-bond donors (Lipinski definition) is 1. The van der Waals surface area contributed by atoms with Gasteiger partial charge in [0.25, 0.3) is 5.97 Å². The molecule has 0 saturated heterocycles. The molecule has 3 heteroatoms. The minimum atomic E-state index is -0.910. The van der Waals surface area contributed by atoms with Crippen molar-refractivity contribution in [2.75, 3.05) is 0 Å². The fourth-order valence-electron chi connectivity index (χ4n) is 0.526. The molecule has 1 rings (SSSR count). The first-order valence-electron chi connectivity index (χ1n) is 2.50. The van der Waals surface area contributed by atoms with Crippen molar-refractivity contribution in [1.29, 1.82) is 0 Å². The predicted octanol–water partition coefficient (Wildman–Crippen LogP) is 1.18. The Kier molecular flexibility index (Phi) is 3.85. The van der Waals surface area contributed by atoms with Crippen molar-refractivity contribution in [2.45, 2.75) is 0 Å². The quantitative estimate of drug-likeness (QED) is 0.646. The van der Waals surface area contributed by atoms with Gasteiger partial charge in [0.2, 0.25) is 0 Å². The van der Waals surface area contributed by atoms with Crippen molar-refractivity contribution in [3.8, 4) is 0 Å². The van der Waals surface area contributed by atoms with Crippen LogP contribution in [0.3, 0.4) is 0 Å². The third kappa shape index (κ3) is 2.25. The van der Waals surface area contributed by atoms with Gasteiger partial charge in [-0.3, -0.25) is 4.79 Å². The van der Waals surface area contributed by atoms with E-state index in [9.17, 15) is 4.79 Å². The molecule has 10 heavy (non-hydrogen) atoms. The first-order chi connectivity index (χ1) is 4.30. The zero-order valence-corrected chi connectivity index (χ0v) is 6.51. The molecule has 0 unspecified atom stereocenters. The minimum absolute atomic E-state index is 0. The second-order valence-corrected chi connectivity index (χ2v) is 1.60. The monoisotopic (exact) mass is 172 g/mol. The fourth-order valence-corrected chi connectivity index (χ4v) is 0.526. The summed E-state index contributed by atoms with van der Waals surface area (Å²) < 4.78 is 0. The Morgan fingerprint density at radius 3 is 2.60 bits per heavy atom. The smallest absolute Gasteiger partial charge is 0.278 e. The maximum atomic E-state index is 10.2. The van der Waals surface area contributed by atoms with Gasteiger partial charge in [-0.1, -0.05) is 5.56 Å².